The number of rotatable bonds is 6. The molecule has 4 rings (SSSR count). The normalized spacial score (nSPS) is 10.5. The topological polar surface area (TPSA) is 100 Å². The van der Waals surface area contributed by atoms with E-state index in [1.54, 1.807) is 55.5 Å². The molecule has 34 heavy (non-hydrogen) atoms. The van der Waals surface area contributed by atoms with E-state index in [9.17, 15) is 14.4 Å². The minimum Gasteiger partial charge on any atom is -0.455 e. The van der Waals surface area contributed by atoms with Crippen molar-refractivity contribution < 1.29 is 14.0 Å². The van der Waals surface area contributed by atoms with Crippen LogP contribution in [0, 0.1) is 6.92 Å². The third-order valence-electron chi connectivity index (χ3n) is 5.23. The Morgan fingerprint density at radius 3 is 2.26 bits per heavy atom. The van der Waals surface area contributed by atoms with E-state index in [-0.39, 0.29) is 22.6 Å². The molecule has 0 fully saturated rings. The number of benzene rings is 3. The Kier molecular flexibility index (Phi) is 6.54. The zero-order chi connectivity index (χ0) is 24.1. The predicted octanol–water partition coefficient (Wildman–Crippen LogP) is 5.33. The zero-order valence-corrected chi connectivity index (χ0v) is 18.6. The zero-order valence-electron chi connectivity index (χ0n) is 18.6. The van der Waals surface area contributed by atoms with Crippen molar-refractivity contribution >= 4 is 34.3 Å². The number of anilines is 2. The molecular weight excluding hydrogens is 430 g/mol. The van der Waals surface area contributed by atoms with Crippen molar-refractivity contribution in [3.05, 3.63) is 107 Å². The van der Waals surface area contributed by atoms with Gasteiger partial charge in [0.05, 0.1) is 10.9 Å². The largest absolute Gasteiger partial charge is 0.455 e. The van der Waals surface area contributed by atoms with E-state index in [1.807, 2.05) is 30.3 Å². The summed E-state index contributed by atoms with van der Waals surface area (Å²) in [6.45, 7) is 5.61. The van der Waals surface area contributed by atoms with Gasteiger partial charge in [0, 0.05) is 29.0 Å². The van der Waals surface area contributed by atoms with Gasteiger partial charge in [-0.1, -0.05) is 42.5 Å². The Balaban J connectivity index is 1.62. The minimum atomic E-state index is -0.416. The Bertz CT molecular complexity index is 1420. The van der Waals surface area contributed by atoms with Crippen LogP contribution in [0.3, 0.4) is 0 Å². The number of nitrogens with one attached hydrogen (secondary N) is 3. The number of carbonyl (C=O) groups excluding carboxylic acids is 2. The van der Waals surface area contributed by atoms with Crippen LogP contribution in [0.15, 0.2) is 94.7 Å². The molecule has 170 valence electrons. The first kappa shape index (κ1) is 22.5. The highest BCUT2D eigenvalue weighted by atomic mass is 16.3. The summed E-state index contributed by atoms with van der Waals surface area (Å²) in [6, 6.07) is 20.6. The molecule has 0 aliphatic rings. The van der Waals surface area contributed by atoms with Gasteiger partial charge in [0.2, 0.25) is 0 Å². The van der Waals surface area contributed by atoms with Crippen LogP contribution in [0.5, 0.6) is 0 Å². The number of urea groups is 1. The summed E-state index contributed by atoms with van der Waals surface area (Å²) in [7, 11) is 0. The maximum absolute atomic E-state index is 13.1. The fraction of sp³-hybridized carbons (Fsp3) is 0.0741. The predicted molar refractivity (Wildman–Crippen MR) is 134 cm³/mol. The van der Waals surface area contributed by atoms with E-state index in [4.69, 9.17) is 4.42 Å². The smallest absolute Gasteiger partial charge is 0.319 e. The van der Waals surface area contributed by atoms with E-state index in [0.717, 1.165) is 5.56 Å². The highest BCUT2D eigenvalue weighted by Crippen LogP contribution is 2.27. The molecule has 1 heterocycles. The number of hydrogen-bond donors (Lipinski definition) is 3. The standard InChI is InChI=1S/C27H23N3O4/c1-3-16-28-27(33)30-20-14-12-19(13-15-20)29-26(32)22-11-7-10-21-23(31)17(2)24(34-25(21)22)18-8-5-4-6-9-18/h3-15H,1,16H2,2H3,(H,29,32)(H2,28,30,33). The van der Waals surface area contributed by atoms with E-state index in [2.05, 4.69) is 22.5 Å². The summed E-state index contributed by atoms with van der Waals surface area (Å²) in [4.78, 5) is 37.9. The fourth-order valence-corrected chi connectivity index (χ4v) is 3.53. The molecule has 7 heteroatoms. The lowest BCUT2D eigenvalue weighted by molar-refractivity contribution is 0.102. The second-order valence-corrected chi connectivity index (χ2v) is 7.59. The highest BCUT2D eigenvalue weighted by molar-refractivity contribution is 6.11. The molecule has 1 aromatic heterocycles. The van der Waals surface area contributed by atoms with Crippen molar-refractivity contribution in [2.75, 3.05) is 17.2 Å². The van der Waals surface area contributed by atoms with Crippen molar-refractivity contribution in [3.8, 4) is 11.3 Å². The number of amides is 3. The molecule has 3 N–H and O–H groups in total. The first-order chi connectivity index (χ1) is 16.5. The van der Waals surface area contributed by atoms with Gasteiger partial charge in [-0.25, -0.2) is 4.79 Å². The van der Waals surface area contributed by atoms with Crippen LogP contribution in [0.25, 0.3) is 22.3 Å². The lowest BCUT2D eigenvalue weighted by Gasteiger charge is -2.11. The van der Waals surface area contributed by atoms with Crippen molar-refractivity contribution in [2.45, 2.75) is 6.92 Å². The average molecular weight is 453 g/mol. The van der Waals surface area contributed by atoms with Crippen LogP contribution in [-0.4, -0.2) is 18.5 Å². The van der Waals surface area contributed by atoms with Gasteiger partial charge < -0.3 is 20.4 Å². The molecule has 0 atom stereocenters. The molecule has 0 bridgehead atoms. The van der Waals surface area contributed by atoms with Crippen molar-refractivity contribution in [2.24, 2.45) is 0 Å². The molecule has 0 unspecified atom stereocenters. The Morgan fingerprint density at radius 1 is 0.912 bits per heavy atom. The van der Waals surface area contributed by atoms with Crippen LogP contribution in [-0.2, 0) is 0 Å². The highest BCUT2D eigenvalue weighted by Gasteiger charge is 2.18. The second-order valence-electron chi connectivity index (χ2n) is 7.59. The van der Waals surface area contributed by atoms with Gasteiger partial charge in [0.1, 0.15) is 5.76 Å². The van der Waals surface area contributed by atoms with Crippen LogP contribution < -0.4 is 21.4 Å². The Morgan fingerprint density at radius 2 is 1.59 bits per heavy atom. The third-order valence-corrected chi connectivity index (χ3v) is 5.23. The molecule has 0 saturated carbocycles. The molecule has 0 radical (unpaired) electrons. The molecule has 0 aliphatic carbocycles. The summed E-state index contributed by atoms with van der Waals surface area (Å²) >= 11 is 0. The number of para-hydroxylation sites is 1. The summed E-state index contributed by atoms with van der Waals surface area (Å²) < 4.78 is 6.12. The number of carbonyl (C=O) groups is 2. The van der Waals surface area contributed by atoms with Crippen molar-refractivity contribution in [1.29, 1.82) is 0 Å². The van der Waals surface area contributed by atoms with Crippen molar-refractivity contribution in [1.82, 2.24) is 5.32 Å². The Labute approximate surface area is 196 Å². The third kappa shape index (κ3) is 4.73. The quantitative estimate of drug-likeness (QED) is 0.344. The van der Waals surface area contributed by atoms with Crippen molar-refractivity contribution in [3.63, 3.8) is 0 Å². The molecule has 3 aromatic carbocycles. The molecule has 3 amide bonds. The molecular formula is C27H23N3O4. The summed E-state index contributed by atoms with van der Waals surface area (Å²) in [5.74, 6) is 0.0181. The van der Waals surface area contributed by atoms with E-state index in [1.165, 1.54) is 0 Å². The van der Waals surface area contributed by atoms with Crippen LogP contribution in [0.2, 0.25) is 0 Å². The van der Waals surface area contributed by atoms with Gasteiger partial charge in [0.25, 0.3) is 5.91 Å². The maximum atomic E-state index is 13.1. The second kappa shape index (κ2) is 9.87. The van der Waals surface area contributed by atoms with Gasteiger partial charge in [-0.2, -0.15) is 0 Å². The first-order valence-corrected chi connectivity index (χ1v) is 10.7. The molecule has 0 saturated heterocycles. The van der Waals surface area contributed by atoms with Gasteiger partial charge >= 0.3 is 6.03 Å². The summed E-state index contributed by atoms with van der Waals surface area (Å²) in [5.41, 5.74) is 2.63. The lowest BCUT2D eigenvalue weighted by atomic mass is 10.0. The van der Waals surface area contributed by atoms with Crippen LogP contribution in [0.4, 0.5) is 16.2 Å². The van der Waals surface area contributed by atoms with E-state index in [0.29, 0.717) is 34.6 Å². The molecule has 0 aliphatic heterocycles. The molecule has 0 spiro atoms. The van der Waals surface area contributed by atoms with Gasteiger partial charge in [-0.05, 0) is 43.3 Å². The van der Waals surface area contributed by atoms with Gasteiger partial charge in [-0.15, -0.1) is 6.58 Å². The number of fused-ring (bicyclic) bond motifs is 1. The number of hydrogen-bond acceptors (Lipinski definition) is 4. The fourth-order valence-electron chi connectivity index (χ4n) is 3.53. The SMILES string of the molecule is C=CCNC(=O)Nc1ccc(NC(=O)c2cccc3c(=O)c(C)c(-c4ccccc4)oc23)cc1. The van der Waals surface area contributed by atoms with E-state index < -0.39 is 5.91 Å². The maximum Gasteiger partial charge on any atom is 0.319 e. The lowest BCUT2D eigenvalue weighted by Crippen LogP contribution is -2.28. The average Bonchev–Trinajstić information content (AvgIpc) is 2.86. The van der Waals surface area contributed by atoms with Gasteiger partial charge in [-0.3, -0.25) is 9.59 Å². The van der Waals surface area contributed by atoms with Gasteiger partial charge in [0.15, 0.2) is 11.0 Å². The Hall–Kier alpha value is -4.65. The minimum absolute atomic E-state index is 0.181. The monoisotopic (exact) mass is 453 g/mol. The van der Waals surface area contributed by atoms with E-state index >= 15 is 0 Å². The molecule has 4 aromatic rings. The summed E-state index contributed by atoms with van der Waals surface area (Å²) in [6.07, 6.45) is 1.58. The summed E-state index contributed by atoms with van der Waals surface area (Å²) in [5, 5.41) is 8.46. The van der Waals surface area contributed by atoms with Crippen LogP contribution >= 0.6 is 0 Å². The van der Waals surface area contributed by atoms with Crippen LogP contribution in [0.1, 0.15) is 15.9 Å². The first-order valence-electron chi connectivity index (χ1n) is 10.7. The molecule has 7 nitrogen and oxygen atoms in total.